The molecule has 220 valence electrons. The maximum atomic E-state index is 13.0. The molecule has 12 nitrogen and oxygen atoms in total. The molecule has 13 heteroatoms. The first-order valence-corrected chi connectivity index (χ1v) is 13.4. The molecule has 5 N–H and O–H groups in total. The average molecular weight is 576 g/mol. The summed E-state index contributed by atoms with van der Waals surface area (Å²) in [5, 5.41) is 28.5. The molecule has 39 heavy (non-hydrogen) atoms. The SMILES string of the molecule is CCCC(=O)O[C@@H]1COC(OC(=O)[C@@H](N)C(Cl)c2ccc(O)c(O)c2)[C@H](OC(=O)CCC)[C@H]1OC(O)CCC. The van der Waals surface area contributed by atoms with Gasteiger partial charge in [-0.2, -0.15) is 0 Å². The Morgan fingerprint density at radius 2 is 1.64 bits per heavy atom. The van der Waals surface area contributed by atoms with Crippen molar-refractivity contribution in [2.24, 2.45) is 5.73 Å². The van der Waals surface area contributed by atoms with Crippen molar-refractivity contribution in [3.63, 3.8) is 0 Å². The highest BCUT2D eigenvalue weighted by molar-refractivity contribution is 6.22. The van der Waals surface area contributed by atoms with Crippen LogP contribution < -0.4 is 5.73 Å². The first-order chi connectivity index (χ1) is 18.5. The summed E-state index contributed by atoms with van der Waals surface area (Å²) in [5.74, 6) is -3.05. The lowest BCUT2D eigenvalue weighted by atomic mass is 10.0. The van der Waals surface area contributed by atoms with Crippen molar-refractivity contribution in [1.82, 2.24) is 0 Å². The highest BCUT2D eigenvalue weighted by Gasteiger charge is 2.49. The van der Waals surface area contributed by atoms with E-state index in [1.807, 2.05) is 6.92 Å². The summed E-state index contributed by atoms with van der Waals surface area (Å²) in [6.45, 7) is 5.11. The number of aliphatic hydroxyl groups is 1. The van der Waals surface area contributed by atoms with Gasteiger partial charge in [-0.25, -0.2) is 0 Å². The molecule has 2 rings (SSSR count). The summed E-state index contributed by atoms with van der Waals surface area (Å²) >= 11 is 6.34. The number of halogens is 1. The van der Waals surface area contributed by atoms with Crippen LogP contribution in [-0.4, -0.2) is 76.8 Å². The number of carbonyl (C=O) groups is 3. The first-order valence-electron chi connectivity index (χ1n) is 13.0. The number of esters is 3. The molecule has 7 atom stereocenters. The number of aliphatic hydroxyl groups excluding tert-OH is 1. The number of phenols is 2. The lowest BCUT2D eigenvalue weighted by Crippen LogP contribution is -2.59. The van der Waals surface area contributed by atoms with Gasteiger partial charge < -0.3 is 44.7 Å². The number of rotatable bonds is 14. The number of phenolic OH excluding ortho intramolecular Hbond substituents is 2. The van der Waals surface area contributed by atoms with Crippen LogP contribution >= 0.6 is 11.6 Å². The molecular weight excluding hydrogens is 538 g/mol. The molecule has 1 fully saturated rings. The number of ether oxygens (including phenoxy) is 5. The molecule has 1 heterocycles. The molecule has 0 aromatic heterocycles. The molecule has 0 radical (unpaired) electrons. The van der Waals surface area contributed by atoms with Crippen molar-refractivity contribution in [2.45, 2.75) is 102 Å². The van der Waals surface area contributed by atoms with Gasteiger partial charge in [0.15, 0.2) is 30.0 Å². The van der Waals surface area contributed by atoms with Crippen molar-refractivity contribution in [3.05, 3.63) is 23.8 Å². The Labute approximate surface area is 232 Å². The van der Waals surface area contributed by atoms with E-state index in [1.54, 1.807) is 13.8 Å². The minimum Gasteiger partial charge on any atom is -0.504 e. The normalized spacial score (nSPS) is 23.3. The van der Waals surface area contributed by atoms with E-state index in [2.05, 4.69) is 0 Å². The average Bonchev–Trinajstić information content (AvgIpc) is 2.88. The summed E-state index contributed by atoms with van der Waals surface area (Å²) < 4.78 is 27.9. The van der Waals surface area contributed by atoms with Gasteiger partial charge in [0.05, 0.1) is 12.0 Å². The highest BCUT2D eigenvalue weighted by Crippen LogP contribution is 2.33. The molecule has 1 aromatic rings. The zero-order chi connectivity index (χ0) is 29.1. The molecule has 3 unspecified atom stereocenters. The van der Waals surface area contributed by atoms with E-state index in [0.29, 0.717) is 19.3 Å². The van der Waals surface area contributed by atoms with Crippen LogP contribution in [0, 0.1) is 0 Å². The number of nitrogens with two attached hydrogens (primary N) is 1. The van der Waals surface area contributed by atoms with E-state index in [1.165, 1.54) is 12.1 Å². The Balaban J connectivity index is 2.30. The second-order valence-electron chi connectivity index (χ2n) is 9.14. The van der Waals surface area contributed by atoms with E-state index in [-0.39, 0.29) is 37.2 Å². The van der Waals surface area contributed by atoms with Gasteiger partial charge in [0.25, 0.3) is 0 Å². The fraction of sp³-hybridized carbons (Fsp3) is 0.654. The Kier molecular flexibility index (Phi) is 13.2. The van der Waals surface area contributed by atoms with Crippen LogP contribution in [0.3, 0.4) is 0 Å². The Morgan fingerprint density at radius 1 is 1.00 bits per heavy atom. The van der Waals surface area contributed by atoms with Crippen molar-refractivity contribution in [2.75, 3.05) is 6.61 Å². The quantitative estimate of drug-likeness (QED) is 0.0836. The van der Waals surface area contributed by atoms with Gasteiger partial charge in [-0.15, -0.1) is 11.6 Å². The second-order valence-corrected chi connectivity index (χ2v) is 9.61. The number of hydrogen-bond acceptors (Lipinski definition) is 12. The molecule has 1 saturated heterocycles. The maximum Gasteiger partial charge on any atom is 0.327 e. The standard InChI is InChI=1S/C26H38ClNO11/c1-4-7-18(31)36-17-13-35-26(24(38-20(33)9-6-3)23(17)37-19(32)8-5-2)39-25(34)22(28)21(27)14-10-11-15(29)16(30)12-14/h10-12,17,19,21-24,26,29-30,32H,4-9,13,28H2,1-3H3/t17-,19?,21?,22+,23+,24-,26?/m1/s1. The molecule has 0 bridgehead atoms. The van der Waals surface area contributed by atoms with Gasteiger partial charge in [-0.05, 0) is 37.0 Å². The molecule has 0 saturated carbocycles. The van der Waals surface area contributed by atoms with E-state index < -0.39 is 66.0 Å². The van der Waals surface area contributed by atoms with Crippen molar-refractivity contribution >= 4 is 29.5 Å². The van der Waals surface area contributed by atoms with Crippen LogP contribution in [-0.2, 0) is 38.1 Å². The van der Waals surface area contributed by atoms with Crippen LogP contribution in [0.1, 0.15) is 70.2 Å². The molecule has 1 aliphatic rings. The smallest absolute Gasteiger partial charge is 0.327 e. The topological polar surface area (TPSA) is 184 Å². The van der Waals surface area contributed by atoms with Crippen molar-refractivity contribution in [3.8, 4) is 11.5 Å². The number of carbonyl (C=O) groups excluding carboxylic acids is 3. The summed E-state index contributed by atoms with van der Waals surface area (Å²) in [4.78, 5) is 37.7. The molecule has 1 aromatic carbocycles. The summed E-state index contributed by atoms with van der Waals surface area (Å²) in [6.07, 6.45) is -4.55. The predicted octanol–water partition coefficient (Wildman–Crippen LogP) is 2.53. The fourth-order valence-corrected chi connectivity index (χ4v) is 4.05. The van der Waals surface area contributed by atoms with Gasteiger partial charge in [0, 0.05) is 12.8 Å². The maximum absolute atomic E-state index is 13.0. The Hall–Kier alpha value is -2.64. The zero-order valence-corrected chi connectivity index (χ0v) is 23.0. The van der Waals surface area contributed by atoms with Gasteiger partial charge in [0.1, 0.15) is 12.1 Å². The molecular formula is C26H38ClNO11. The minimum atomic E-state index is -1.53. The first kappa shape index (κ1) is 32.6. The third-order valence-corrected chi connectivity index (χ3v) is 6.35. The van der Waals surface area contributed by atoms with Crippen molar-refractivity contribution in [1.29, 1.82) is 0 Å². The van der Waals surface area contributed by atoms with Gasteiger partial charge >= 0.3 is 17.9 Å². The highest BCUT2D eigenvalue weighted by atomic mass is 35.5. The van der Waals surface area contributed by atoms with Gasteiger partial charge in [0.2, 0.25) is 6.29 Å². The van der Waals surface area contributed by atoms with Crippen LogP contribution in [0.15, 0.2) is 18.2 Å². The zero-order valence-electron chi connectivity index (χ0n) is 22.3. The number of hydrogen-bond donors (Lipinski definition) is 4. The van der Waals surface area contributed by atoms with E-state index >= 15 is 0 Å². The molecule has 0 amide bonds. The van der Waals surface area contributed by atoms with Crippen LogP contribution in [0.5, 0.6) is 11.5 Å². The molecule has 0 aliphatic carbocycles. The largest absolute Gasteiger partial charge is 0.504 e. The third-order valence-electron chi connectivity index (χ3n) is 5.83. The lowest BCUT2D eigenvalue weighted by molar-refractivity contribution is -0.298. The van der Waals surface area contributed by atoms with Gasteiger partial charge in [-0.3, -0.25) is 14.4 Å². The summed E-state index contributed by atoms with van der Waals surface area (Å²) in [6, 6.07) is 2.26. The number of alkyl halides is 1. The van der Waals surface area contributed by atoms with E-state index in [0.717, 1.165) is 6.07 Å². The van der Waals surface area contributed by atoms with Crippen LogP contribution in [0.2, 0.25) is 0 Å². The number of benzene rings is 1. The Morgan fingerprint density at radius 3 is 2.23 bits per heavy atom. The summed E-state index contributed by atoms with van der Waals surface area (Å²) in [5.41, 5.74) is 6.25. The van der Waals surface area contributed by atoms with E-state index in [9.17, 15) is 29.7 Å². The lowest BCUT2D eigenvalue weighted by Gasteiger charge is -2.41. The Bertz CT molecular complexity index is 962. The molecule has 0 spiro atoms. The predicted molar refractivity (Wildman–Crippen MR) is 138 cm³/mol. The monoisotopic (exact) mass is 575 g/mol. The van der Waals surface area contributed by atoms with E-state index in [4.69, 9.17) is 41.0 Å². The summed E-state index contributed by atoms with van der Waals surface area (Å²) in [7, 11) is 0. The van der Waals surface area contributed by atoms with Crippen LogP contribution in [0.25, 0.3) is 0 Å². The minimum absolute atomic E-state index is 0.0370. The molecule has 1 aliphatic heterocycles. The van der Waals surface area contributed by atoms with Crippen molar-refractivity contribution < 1.29 is 53.4 Å². The number of aromatic hydroxyl groups is 2. The fourth-order valence-electron chi connectivity index (χ4n) is 3.81. The third kappa shape index (κ3) is 9.50. The van der Waals surface area contributed by atoms with Gasteiger partial charge in [-0.1, -0.05) is 33.3 Å². The van der Waals surface area contributed by atoms with Crippen LogP contribution in [0.4, 0.5) is 0 Å². The second kappa shape index (κ2) is 15.8.